The van der Waals surface area contributed by atoms with Crippen LogP contribution in [0.3, 0.4) is 0 Å². The third-order valence-electron chi connectivity index (χ3n) is 7.31. The molecule has 0 aromatic carbocycles. The molecule has 0 spiro atoms. The van der Waals surface area contributed by atoms with Crippen molar-refractivity contribution in [1.82, 2.24) is 29.8 Å². The van der Waals surface area contributed by atoms with Gasteiger partial charge in [-0.2, -0.15) is 0 Å². The average molecular weight is 453 g/mol. The molecule has 0 radical (unpaired) electrons. The van der Waals surface area contributed by atoms with E-state index >= 15 is 0 Å². The Balaban J connectivity index is 1.52. The summed E-state index contributed by atoms with van der Waals surface area (Å²) in [5.41, 5.74) is 1.94. The summed E-state index contributed by atoms with van der Waals surface area (Å²) in [5, 5.41) is 4.51. The summed E-state index contributed by atoms with van der Waals surface area (Å²) < 4.78 is 16.9. The minimum Gasteiger partial charge on any atom is -0.359 e. The number of carbonyl (C=O) groups excluding carboxylic acids is 1. The van der Waals surface area contributed by atoms with Crippen molar-refractivity contribution in [2.24, 2.45) is 17.8 Å². The fourth-order valence-electron chi connectivity index (χ4n) is 5.86. The first kappa shape index (κ1) is 19.7. The molecular weight excluding hydrogens is 431 g/mol. The predicted molar refractivity (Wildman–Crippen MR) is 120 cm³/mol. The van der Waals surface area contributed by atoms with Gasteiger partial charge in [-0.15, -0.1) is 0 Å². The van der Waals surface area contributed by atoms with Crippen molar-refractivity contribution in [3.05, 3.63) is 41.7 Å². The summed E-state index contributed by atoms with van der Waals surface area (Å²) in [6.45, 7) is 0. The van der Waals surface area contributed by atoms with Crippen molar-refractivity contribution < 1.29 is 9.18 Å². The zero-order chi connectivity index (χ0) is 22.0. The third-order valence-corrected chi connectivity index (χ3v) is 7.51. The van der Waals surface area contributed by atoms with Crippen LogP contribution in [-0.4, -0.2) is 37.5 Å². The van der Waals surface area contributed by atoms with Gasteiger partial charge in [0, 0.05) is 48.8 Å². The normalized spacial score (nSPS) is 25.0. The van der Waals surface area contributed by atoms with E-state index in [4.69, 9.17) is 16.6 Å². The molecular formula is C23H22ClFN6O. The molecule has 4 aromatic rings. The molecule has 7 rings (SSSR count). The molecule has 3 saturated carbocycles. The summed E-state index contributed by atoms with van der Waals surface area (Å²) in [7, 11) is 1.67. The molecule has 4 heterocycles. The van der Waals surface area contributed by atoms with Gasteiger partial charge in [-0.25, -0.2) is 19.3 Å². The Morgan fingerprint density at radius 3 is 2.75 bits per heavy atom. The molecule has 0 saturated heterocycles. The van der Waals surface area contributed by atoms with Gasteiger partial charge in [-0.05, 0) is 43.6 Å². The molecule has 3 aliphatic rings. The molecule has 2 atom stereocenters. The van der Waals surface area contributed by atoms with E-state index in [-0.39, 0.29) is 23.7 Å². The maximum absolute atomic E-state index is 15.0. The van der Waals surface area contributed by atoms with Crippen molar-refractivity contribution >= 4 is 39.6 Å². The molecule has 0 aliphatic heterocycles. The number of nitrogens with zero attached hydrogens (tertiary/aromatic N) is 4. The van der Waals surface area contributed by atoms with Crippen molar-refractivity contribution in [2.75, 3.05) is 7.05 Å². The number of rotatable bonds is 3. The molecule has 2 N–H and O–H groups in total. The van der Waals surface area contributed by atoms with Gasteiger partial charge in [0.1, 0.15) is 11.3 Å². The lowest BCUT2D eigenvalue weighted by Gasteiger charge is -2.48. The Morgan fingerprint density at radius 2 is 1.97 bits per heavy atom. The zero-order valence-corrected chi connectivity index (χ0v) is 18.2. The fraction of sp³-hybridized carbons (Fsp3) is 0.391. The second kappa shape index (κ2) is 7.27. The lowest BCUT2D eigenvalue weighted by molar-refractivity contribution is -0.133. The van der Waals surface area contributed by atoms with E-state index in [1.807, 2.05) is 10.6 Å². The number of aromatic nitrogens is 5. The van der Waals surface area contributed by atoms with Gasteiger partial charge < -0.3 is 14.9 Å². The maximum Gasteiger partial charge on any atom is 0.225 e. The molecule has 3 aliphatic carbocycles. The van der Waals surface area contributed by atoms with Gasteiger partial charge in [0.25, 0.3) is 0 Å². The molecule has 4 aromatic heterocycles. The quantitative estimate of drug-likeness (QED) is 0.479. The van der Waals surface area contributed by atoms with Crippen molar-refractivity contribution in [3.63, 3.8) is 0 Å². The van der Waals surface area contributed by atoms with Crippen LogP contribution >= 0.6 is 11.6 Å². The number of fused-ring (bicyclic) bond motifs is 5. The smallest absolute Gasteiger partial charge is 0.225 e. The number of H-pyrrole nitrogens is 1. The molecule has 32 heavy (non-hydrogen) atoms. The summed E-state index contributed by atoms with van der Waals surface area (Å²) in [5.74, 6) is 0.577. The Labute approximate surface area is 188 Å². The number of aromatic amines is 1. The van der Waals surface area contributed by atoms with Crippen LogP contribution in [0.1, 0.15) is 31.7 Å². The Morgan fingerprint density at radius 1 is 1.19 bits per heavy atom. The van der Waals surface area contributed by atoms with E-state index in [2.05, 4.69) is 20.3 Å². The predicted octanol–water partition coefficient (Wildman–Crippen LogP) is 4.49. The van der Waals surface area contributed by atoms with E-state index in [0.717, 1.165) is 36.6 Å². The van der Waals surface area contributed by atoms with Crippen molar-refractivity contribution in [2.45, 2.75) is 31.7 Å². The Hall–Kier alpha value is -3.00. The lowest BCUT2D eigenvalue weighted by atomic mass is 9.61. The van der Waals surface area contributed by atoms with Gasteiger partial charge in [0.05, 0.1) is 16.3 Å². The molecule has 3 fully saturated rings. The topological polar surface area (TPSA) is 88.5 Å². The van der Waals surface area contributed by atoms with Crippen LogP contribution in [0.15, 0.2) is 30.9 Å². The summed E-state index contributed by atoms with van der Waals surface area (Å²) in [6.07, 6.45) is 10.6. The second-order valence-corrected chi connectivity index (χ2v) is 9.31. The molecule has 1 amide bonds. The zero-order valence-electron chi connectivity index (χ0n) is 17.5. The molecule has 7 nitrogen and oxygen atoms in total. The molecule has 2 bridgehead atoms. The lowest BCUT2D eigenvalue weighted by Crippen LogP contribution is -2.48. The van der Waals surface area contributed by atoms with Crippen LogP contribution in [-0.2, 0) is 4.79 Å². The molecule has 164 valence electrons. The van der Waals surface area contributed by atoms with E-state index in [9.17, 15) is 9.18 Å². The van der Waals surface area contributed by atoms with Gasteiger partial charge in [0.2, 0.25) is 5.91 Å². The number of halogens is 2. The van der Waals surface area contributed by atoms with Gasteiger partial charge in [0.15, 0.2) is 11.6 Å². The highest BCUT2D eigenvalue weighted by molar-refractivity contribution is 6.31. The van der Waals surface area contributed by atoms with E-state index in [0.29, 0.717) is 39.4 Å². The van der Waals surface area contributed by atoms with Crippen LogP contribution < -0.4 is 5.32 Å². The van der Waals surface area contributed by atoms with E-state index in [1.54, 1.807) is 19.4 Å². The fourth-order valence-corrected chi connectivity index (χ4v) is 6.02. The largest absolute Gasteiger partial charge is 0.359 e. The molecule has 9 heteroatoms. The third kappa shape index (κ3) is 2.85. The SMILES string of the molecule is CNC(=O)C1C2CCC(CC2)[C@H]1n1cc(F)c2cnc(-c3c[nH]c4ncc(Cl)cc34)nc21. The number of pyridine rings is 1. The van der Waals surface area contributed by atoms with Crippen LogP contribution in [0.5, 0.6) is 0 Å². The van der Waals surface area contributed by atoms with Crippen LogP contribution in [0, 0.1) is 23.6 Å². The van der Waals surface area contributed by atoms with Crippen molar-refractivity contribution in [1.29, 1.82) is 0 Å². The Kier molecular flexibility index (Phi) is 4.47. The number of carbonyl (C=O) groups is 1. The highest BCUT2D eigenvalue weighted by atomic mass is 35.5. The second-order valence-electron chi connectivity index (χ2n) is 8.87. The van der Waals surface area contributed by atoms with E-state index < -0.39 is 0 Å². The first-order valence-corrected chi connectivity index (χ1v) is 11.3. The summed E-state index contributed by atoms with van der Waals surface area (Å²) in [6, 6.07) is 1.70. The maximum atomic E-state index is 15.0. The first-order chi connectivity index (χ1) is 15.5. The minimum atomic E-state index is -0.368. The van der Waals surface area contributed by atoms with Crippen molar-refractivity contribution in [3.8, 4) is 11.4 Å². The minimum absolute atomic E-state index is 0.0262. The summed E-state index contributed by atoms with van der Waals surface area (Å²) in [4.78, 5) is 29.5. The van der Waals surface area contributed by atoms with Crippen LogP contribution in [0.4, 0.5) is 4.39 Å². The standard InChI is InChI=1S/C23H22ClFN6O/c1-26-23(32)18-11-2-4-12(5-3-11)19(18)31-10-17(25)16-9-29-21(30-22(16)31)15-8-28-20-14(15)6-13(24)7-27-20/h6-12,18-19H,2-5H2,1H3,(H,26,32)(H,27,28)/t11?,12?,18?,19-/m1/s1. The van der Waals surface area contributed by atoms with Crippen LogP contribution in [0.2, 0.25) is 5.02 Å². The average Bonchev–Trinajstić information content (AvgIpc) is 3.39. The number of hydrogen-bond acceptors (Lipinski definition) is 4. The summed E-state index contributed by atoms with van der Waals surface area (Å²) >= 11 is 6.15. The first-order valence-electron chi connectivity index (χ1n) is 10.9. The van der Waals surface area contributed by atoms with Gasteiger partial charge in [-0.3, -0.25) is 4.79 Å². The van der Waals surface area contributed by atoms with Gasteiger partial charge >= 0.3 is 0 Å². The highest BCUT2D eigenvalue weighted by Gasteiger charge is 2.48. The Bertz CT molecular complexity index is 1360. The van der Waals surface area contributed by atoms with E-state index in [1.165, 1.54) is 12.4 Å². The van der Waals surface area contributed by atoms with Gasteiger partial charge in [-0.1, -0.05) is 11.6 Å². The number of amides is 1. The number of nitrogens with one attached hydrogen (secondary N) is 2. The highest BCUT2D eigenvalue weighted by Crippen LogP contribution is 2.52. The molecule has 1 unspecified atom stereocenters. The monoisotopic (exact) mass is 452 g/mol. The van der Waals surface area contributed by atoms with Crippen LogP contribution in [0.25, 0.3) is 33.5 Å². The number of hydrogen-bond donors (Lipinski definition) is 2.